The Bertz CT molecular complexity index is 1000. The Hall–Kier alpha value is -2.76. The minimum Gasteiger partial charge on any atom is -0.370 e. The molecule has 0 radical (unpaired) electrons. The van der Waals surface area contributed by atoms with Crippen molar-refractivity contribution >= 4 is 0 Å². The molecule has 0 bridgehead atoms. The molecule has 0 aliphatic heterocycles. The number of halogens is 14. The summed E-state index contributed by atoms with van der Waals surface area (Å²) < 4.78 is 186. The number of aromatic nitrogens is 2. The molecule has 38 heavy (non-hydrogen) atoms. The van der Waals surface area contributed by atoms with Crippen molar-refractivity contribution in [3.05, 3.63) is 47.8 Å². The first-order valence-electron chi connectivity index (χ1n) is 9.83. The van der Waals surface area contributed by atoms with Gasteiger partial charge in [-0.3, -0.25) is 9.97 Å². The predicted molar refractivity (Wildman–Crippen MR) is 98.7 cm³/mol. The van der Waals surface area contributed by atoms with Crippen LogP contribution in [0.1, 0.15) is 11.1 Å². The summed E-state index contributed by atoms with van der Waals surface area (Å²) in [6.07, 6.45) is -11.0. The van der Waals surface area contributed by atoms with Crippen molar-refractivity contribution in [1.82, 2.24) is 9.97 Å². The van der Waals surface area contributed by atoms with Gasteiger partial charge in [0.1, 0.15) is 13.2 Å². The monoisotopic (exact) mass is 580 g/mol. The Labute approximate surface area is 203 Å². The molecule has 0 saturated carbocycles. The first-order chi connectivity index (χ1) is 17.1. The lowest BCUT2D eigenvalue weighted by molar-refractivity contribution is -0.362. The summed E-state index contributed by atoms with van der Waals surface area (Å²) in [4.78, 5) is 7.68. The van der Waals surface area contributed by atoms with Crippen molar-refractivity contribution in [2.24, 2.45) is 0 Å². The van der Waals surface area contributed by atoms with E-state index in [0.717, 1.165) is 36.7 Å². The van der Waals surface area contributed by atoms with Crippen LogP contribution in [0.2, 0.25) is 0 Å². The summed E-state index contributed by atoms with van der Waals surface area (Å²) in [7, 11) is 0. The third-order valence-corrected chi connectivity index (χ3v) is 4.65. The molecule has 0 saturated heterocycles. The molecule has 4 nitrogen and oxygen atoms in total. The molecule has 2 aromatic heterocycles. The summed E-state index contributed by atoms with van der Waals surface area (Å²) in [5.74, 6) is -23.9. The van der Waals surface area contributed by atoms with Gasteiger partial charge < -0.3 is 9.47 Å². The number of rotatable bonds is 11. The summed E-state index contributed by atoms with van der Waals surface area (Å²) in [5.41, 5.74) is -0.235. The largest absolute Gasteiger partial charge is 0.459 e. The first kappa shape index (κ1) is 31.5. The quantitative estimate of drug-likeness (QED) is 0.273. The van der Waals surface area contributed by atoms with Gasteiger partial charge in [-0.25, -0.2) is 0 Å². The molecule has 0 aliphatic carbocycles. The van der Waals surface area contributed by atoms with E-state index in [9.17, 15) is 61.5 Å². The fraction of sp³-hybridized carbons (Fsp3) is 0.500. The fourth-order valence-corrected chi connectivity index (χ4v) is 2.60. The van der Waals surface area contributed by atoms with Gasteiger partial charge in [0.05, 0.1) is 24.6 Å². The maximum atomic E-state index is 13.3. The van der Waals surface area contributed by atoms with Gasteiger partial charge in [-0.05, 0) is 35.4 Å². The molecule has 2 heterocycles. The van der Waals surface area contributed by atoms with Crippen LogP contribution in [0.15, 0.2) is 36.7 Å². The van der Waals surface area contributed by atoms with Gasteiger partial charge in [-0.1, -0.05) is 0 Å². The Kier molecular flexibility index (Phi) is 8.92. The molecule has 0 aliphatic rings. The topological polar surface area (TPSA) is 44.2 Å². The van der Waals surface area contributed by atoms with E-state index >= 15 is 0 Å². The second-order valence-electron chi connectivity index (χ2n) is 7.64. The molecule has 0 fully saturated rings. The average molecular weight is 580 g/mol. The van der Waals surface area contributed by atoms with Crippen molar-refractivity contribution < 1.29 is 70.9 Å². The molecule has 2 rings (SSSR count). The molecule has 0 aromatic carbocycles. The summed E-state index contributed by atoms with van der Waals surface area (Å²) >= 11 is 0. The molecular weight excluding hydrogens is 566 g/mol. The number of hydrogen-bond donors (Lipinski definition) is 0. The van der Waals surface area contributed by atoms with Gasteiger partial charge in [0.15, 0.2) is 0 Å². The van der Waals surface area contributed by atoms with Gasteiger partial charge in [0.2, 0.25) is 0 Å². The standard InChI is InChI=1S/C20H14F14N2O2/c21-15(22,17(25,26)19(29,30)31)9-37-7-11-1-3-35-13(5-11)14-6-12(2-4-36-14)8-38-10-16(23,24)18(27,28)20(32,33)34/h1-6H,7-10H2. The van der Waals surface area contributed by atoms with Crippen LogP contribution in [0.5, 0.6) is 0 Å². The molecule has 0 unspecified atom stereocenters. The van der Waals surface area contributed by atoms with Crippen molar-refractivity contribution in [3.63, 3.8) is 0 Å². The molecule has 18 heteroatoms. The number of hydrogen-bond acceptors (Lipinski definition) is 4. The van der Waals surface area contributed by atoms with Crippen molar-refractivity contribution in [1.29, 1.82) is 0 Å². The Morgan fingerprint density at radius 2 is 0.842 bits per heavy atom. The molecular formula is C20H14F14N2O2. The Balaban J connectivity index is 2.05. The highest BCUT2D eigenvalue weighted by molar-refractivity contribution is 5.55. The van der Waals surface area contributed by atoms with Crippen LogP contribution in [0, 0.1) is 0 Å². The normalized spacial score (nSPS) is 14.2. The van der Waals surface area contributed by atoms with Crippen LogP contribution < -0.4 is 0 Å². The third kappa shape index (κ3) is 6.81. The van der Waals surface area contributed by atoms with Gasteiger partial charge in [0.25, 0.3) is 0 Å². The van der Waals surface area contributed by atoms with Crippen molar-refractivity contribution in [2.45, 2.75) is 49.3 Å². The SMILES string of the molecule is FC(F)(F)C(F)(F)C(F)(F)COCc1ccnc(-c2cc(COCC(F)(F)C(F)(F)C(F)(F)F)ccn2)c1. The van der Waals surface area contributed by atoms with Gasteiger partial charge in [-0.15, -0.1) is 0 Å². The van der Waals surface area contributed by atoms with E-state index in [1.165, 1.54) is 0 Å². The predicted octanol–water partition coefficient (Wildman–Crippen LogP) is 6.84. The lowest BCUT2D eigenvalue weighted by atomic mass is 10.1. The molecule has 214 valence electrons. The van der Waals surface area contributed by atoms with Gasteiger partial charge in [-0.2, -0.15) is 61.5 Å². The van der Waals surface area contributed by atoms with Gasteiger partial charge in [0, 0.05) is 12.4 Å². The maximum absolute atomic E-state index is 13.3. The van der Waals surface area contributed by atoms with Crippen LogP contribution in [0.3, 0.4) is 0 Å². The number of alkyl halides is 14. The third-order valence-electron chi connectivity index (χ3n) is 4.65. The van der Waals surface area contributed by atoms with E-state index in [4.69, 9.17) is 0 Å². The van der Waals surface area contributed by atoms with Crippen LogP contribution in [-0.4, -0.2) is 59.2 Å². The Morgan fingerprint density at radius 1 is 0.526 bits per heavy atom. The number of pyridine rings is 2. The molecule has 2 aromatic rings. The van der Waals surface area contributed by atoms with E-state index in [0.29, 0.717) is 0 Å². The molecule has 0 atom stereocenters. The van der Waals surface area contributed by atoms with Crippen LogP contribution in [0.25, 0.3) is 11.4 Å². The van der Waals surface area contributed by atoms with E-state index in [2.05, 4.69) is 19.4 Å². The zero-order valence-corrected chi connectivity index (χ0v) is 18.3. The van der Waals surface area contributed by atoms with Crippen molar-refractivity contribution in [2.75, 3.05) is 13.2 Å². The van der Waals surface area contributed by atoms with E-state index in [-0.39, 0.29) is 22.5 Å². The molecule has 0 N–H and O–H groups in total. The summed E-state index contributed by atoms with van der Waals surface area (Å²) in [5, 5.41) is 0. The highest BCUT2D eigenvalue weighted by Crippen LogP contribution is 2.47. The number of ether oxygens (including phenoxy) is 2. The van der Waals surface area contributed by atoms with Crippen LogP contribution >= 0.6 is 0 Å². The minimum absolute atomic E-state index is 0.0430. The molecule has 0 amide bonds. The molecule has 0 spiro atoms. The lowest BCUT2D eigenvalue weighted by Crippen LogP contribution is -2.54. The van der Waals surface area contributed by atoms with Crippen LogP contribution in [-0.2, 0) is 22.7 Å². The first-order valence-corrected chi connectivity index (χ1v) is 9.83. The average Bonchev–Trinajstić information content (AvgIpc) is 2.77. The second-order valence-corrected chi connectivity index (χ2v) is 7.64. The number of nitrogens with zero attached hydrogens (tertiary/aromatic N) is 2. The minimum atomic E-state index is -6.53. The zero-order chi connectivity index (χ0) is 29.2. The van der Waals surface area contributed by atoms with E-state index in [1.807, 2.05) is 0 Å². The van der Waals surface area contributed by atoms with Crippen LogP contribution in [0.4, 0.5) is 61.5 Å². The Morgan fingerprint density at radius 3 is 1.13 bits per heavy atom. The smallest absolute Gasteiger partial charge is 0.370 e. The zero-order valence-electron chi connectivity index (χ0n) is 18.3. The summed E-state index contributed by atoms with van der Waals surface area (Å²) in [6, 6.07) is 4.43. The van der Waals surface area contributed by atoms with E-state index in [1.54, 1.807) is 0 Å². The highest BCUT2D eigenvalue weighted by atomic mass is 19.4. The maximum Gasteiger partial charge on any atom is 0.459 e. The second kappa shape index (κ2) is 10.8. The summed E-state index contributed by atoms with van der Waals surface area (Å²) in [6.45, 7) is -6.32. The van der Waals surface area contributed by atoms with Gasteiger partial charge >= 0.3 is 36.0 Å². The van der Waals surface area contributed by atoms with E-state index < -0.39 is 62.5 Å². The lowest BCUT2D eigenvalue weighted by Gasteiger charge is -2.27. The van der Waals surface area contributed by atoms with Crippen molar-refractivity contribution in [3.8, 4) is 11.4 Å². The fourth-order valence-electron chi connectivity index (χ4n) is 2.60. The highest BCUT2D eigenvalue weighted by Gasteiger charge is 2.73.